The Bertz CT molecular complexity index is 1360. The quantitative estimate of drug-likeness (QED) is 0.379. The number of benzene rings is 1. The zero-order valence-corrected chi connectivity index (χ0v) is 18.4. The maximum absolute atomic E-state index is 13.5. The molecule has 0 aliphatic carbocycles. The zero-order valence-electron chi connectivity index (χ0n) is 18.4. The Balaban J connectivity index is 1.59. The number of nitrogens with one attached hydrogen (secondary N) is 2. The van der Waals surface area contributed by atoms with Gasteiger partial charge < -0.3 is 15.4 Å². The van der Waals surface area contributed by atoms with Gasteiger partial charge in [0.05, 0.1) is 29.2 Å². The molecule has 0 atom stereocenters. The number of hydrogen-bond donors (Lipinski definition) is 2. The van der Waals surface area contributed by atoms with Gasteiger partial charge in [-0.15, -0.1) is 0 Å². The lowest BCUT2D eigenvalue weighted by Crippen LogP contribution is -2.11. The molecule has 0 saturated carbocycles. The van der Waals surface area contributed by atoms with Crippen LogP contribution in [0.3, 0.4) is 0 Å². The molecule has 3 aromatic heterocycles. The van der Waals surface area contributed by atoms with Crippen LogP contribution in [0.4, 0.5) is 30.2 Å². The lowest BCUT2D eigenvalue weighted by atomic mass is 10.0. The van der Waals surface area contributed by atoms with Gasteiger partial charge in [-0.1, -0.05) is 6.07 Å². The predicted octanol–water partition coefficient (Wildman–Crippen LogP) is 5.96. The molecule has 0 radical (unpaired) electrons. The zero-order chi connectivity index (χ0) is 23.7. The molecule has 0 amide bonds. The third-order valence-corrected chi connectivity index (χ3v) is 5.70. The van der Waals surface area contributed by atoms with Gasteiger partial charge in [0.1, 0.15) is 5.69 Å². The largest absolute Gasteiger partial charge is 0.418 e. The summed E-state index contributed by atoms with van der Waals surface area (Å²) in [6.45, 7) is 1.17. The maximum Gasteiger partial charge on any atom is 0.418 e. The van der Waals surface area contributed by atoms with Crippen LogP contribution in [0.1, 0.15) is 23.2 Å². The Hall–Kier alpha value is -3.72. The van der Waals surface area contributed by atoms with Crippen LogP contribution in [0.25, 0.3) is 22.4 Å². The molecule has 1 aliphatic rings. The van der Waals surface area contributed by atoms with Gasteiger partial charge in [0, 0.05) is 36.6 Å². The molecular weight excluding hydrogens is 443 g/mol. The van der Waals surface area contributed by atoms with Crippen LogP contribution < -0.4 is 10.6 Å². The number of halogens is 3. The lowest BCUT2D eigenvalue weighted by molar-refractivity contribution is -0.137. The van der Waals surface area contributed by atoms with Crippen molar-refractivity contribution in [3.05, 3.63) is 71.5 Å². The highest BCUT2D eigenvalue weighted by molar-refractivity contribution is 5.92. The summed E-state index contributed by atoms with van der Waals surface area (Å²) in [7, 11) is 1.56. The van der Waals surface area contributed by atoms with Gasteiger partial charge in [-0.3, -0.25) is 4.98 Å². The van der Waals surface area contributed by atoms with Crippen LogP contribution in [0.5, 0.6) is 0 Å². The monoisotopic (exact) mass is 465 g/mol. The van der Waals surface area contributed by atoms with Crippen LogP contribution in [0.15, 0.2) is 54.7 Å². The fraction of sp³-hybridized carbons (Fsp3) is 0.240. The van der Waals surface area contributed by atoms with E-state index in [9.17, 15) is 13.2 Å². The smallest absolute Gasteiger partial charge is 0.385 e. The fourth-order valence-electron chi connectivity index (χ4n) is 4.15. The van der Waals surface area contributed by atoms with E-state index in [-0.39, 0.29) is 18.0 Å². The molecule has 2 N–H and O–H groups in total. The highest BCUT2D eigenvalue weighted by Crippen LogP contribution is 2.36. The molecule has 34 heavy (non-hydrogen) atoms. The van der Waals surface area contributed by atoms with Gasteiger partial charge in [-0.25, -0.2) is 9.97 Å². The number of hydrogen-bond acceptors (Lipinski definition) is 6. The standard InChI is InChI=1S/C25H22F3N5O/c1-34-14-17-13-22(31-16-7-6-15-4-2-10-29-21(15)12-16)18-8-9-20(33-24(18)32-17)23-19(25(26,27)28)5-3-11-30-23/h3,5-9,11-13,29H,2,4,10,14H2,1H3,(H,31,32,33). The van der Waals surface area contributed by atoms with Crippen LogP contribution in [-0.4, -0.2) is 28.6 Å². The first-order valence-electron chi connectivity index (χ1n) is 10.9. The third kappa shape index (κ3) is 4.38. The number of methoxy groups -OCH3 is 1. The van der Waals surface area contributed by atoms with E-state index in [0.29, 0.717) is 16.7 Å². The minimum absolute atomic E-state index is 0.103. The first kappa shape index (κ1) is 22.1. The number of aromatic nitrogens is 3. The SMILES string of the molecule is COCc1cc(Nc2ccc3c(c2)NCCC3)c2ccc(-c3ncccc3C(F)(F)F)nc2n1. The summed E-state index contributed by atoms with van der Waals surface area (Å²) in [5, 5.41) is 7.52. The highest BCUT2D eigenvalue weighted by atomic mass is 19.4. The molecule has 0 spiro atoms. The van der Waals surface area contributed by atoms with Crippen molar-refractivity contribution in [2.75, 3.05) is 24.3 Å². The number of fused-ring (bicyclic) bond motifs is 2. The fourth-order valence-corrected chi connectivity index (χ4v) is 4.15. The second-order valence-electron chi connectivity index (χ2n) is 8.09. The molecule has 0 bridgehead atoms. The second-order valence-corrected chi connectivity index (χ2v) is 8.09. The van der Waals surface area contributed by atoms with E-state index in [1.165, 1.54) is 23.9 Å². The summed E-state index contributed by atoms with van der Waals surface area (Å²) in [4.78, 5) is 12.9. The van der Waals surface area contributed by atoms with Gasteiger partial charge in [-0.2, -0.15) is 13.2 Å². The van der Waals surface area contributed by atoms with Crippen LogP contribution in [-0.2, 0) is 23.9 Å². The Kier molecular flexibility index (Phi) is 5.79. The lowest BCUT2D eigenvalue weighted by Gasteiger charge is -2.19. The molecule has 4 heterocycles. The van der Waals surface area contributed by atoms with Crippen molar-refractivity contribution in [3.8, 4) is 11.4 Å². The van der Waals surface area contributed by atoms with E-state index in [1.54, 1.807) is 13.2 Å². The summed E-state index contributed by atoms with van der Waals surface area (Å²) in [6, 6.07) is 13.5. The van der Waals surface area contributed by atoms with E-state index in [2.05, 4.69) is 37.7 Å². The number of nitrogens with zero attached hydrogens (tertiary/aromatic N) is 3. The summed E-state index contributed by atoms with van der Waals surface area (Å²) in [5.74, 6) is 0. The predicted molar refractivity (Wildman–Crippen MR) is 125 cm³/mol. The molecule has 0 fully saturated rings. The Morgan fingerprint density at radius 3 is 2.79 bits per heavy atom. The molecule has 4 aromatic rings. The van der Waals surface area contributed by atoms with Crippen molar-refractivity contribution >= 4 is 28.1 Å². The van der Waals surface area contributed by atoms with Crippen molar-refractivity contribution in [2.45, 2.75) is 25.6 Å². The molecule has 1 aromatic carbocycles. The molecule has 174 valence electrons. The van der Waals surface area contributed by atoms with Crippen molar-refractivity contribution in [1.29, 1.82) is 0 Å². The number of ether oxygens (including phenoxy) is 1. The van der Waals surface area contributed by atoms with Crippen molar-refractivity contribution in [1.82, 2.24) is 15.0 Å². The van der Waals surface area contributed by atoms with E-state index in [4.69, 9.17) is 4.74 Å². The Labute approximate surface area is 194 Å². The first-order valence-corrected chi connectivity index (χ1v) is 10.9. The van der Waals surface area contributed by atoms with Crippen molar-refractivity contribution in [2.24, 2.45) is 0 Å². The first-order chi connectivity index (χ1) is 16.4. The summed E-state index contributed by atoms with van der Waals surface area (Å²) in [5.41, 5.74) is 3.95. The number of pyridine rings is 3. The molecular formula is C25H22F3N5O. The minimum Gasteiger partial charge on any atom is -0.385 e. The van der Waals surface area contributed by atoms with E-state index < -0.39 is 11.7 Å². The highest BCUT2D eigenvalue weighted by Gasteiger charge is 2.34. The molecule has 5 rings (SSSR count). The summed E-state index contributed by atoms with van der Waals surface area (Å²) < 4.78 is 45.8. The van der Waals surface area contributed by atoms with E-state index in [1.807, 2.05) is 12.1 Å². The molecule has 0 saturated heterocycles. The third-order valence-electron chi connectivity index (χ3n) is 5.70. The van der Waals surface area contributed by atoms with Gasteiger partial charge in [-0.05, 0) is 60.9 Å². The van der Waals surface area contributed by atoms with Gasteiger partial charge in [0.25, 0.3) is 0 Å². The number of alkyl halides is 3. The van der Waals surface area contributed by atoms with Crippen LogP contribution in [0, 0.1) is 0 Å². The summed E-state index contributed by atoms with van der Waals surface area (Å²) in [6.07, 6.45) is -1.07. The number of aryl methyl sites for hydroxylation is 1. The molecule has 0 unspecified atom stereocenters. The van der Waals surface area contributed by atoms with Crippen LogP contribution in [0.2, 0.25) is 0 Å². The topological polar surface area (TPSA) is 72.0 Å². The average Bonchev–Trinajstić information content (AvgIpc) is 2.83. The van der Waals surface area contributed by atoms with E-state index in [0.717, 1.165) is 42.5 Å². The van der Waals surface area contributed by atoms with Gasteiger partial charge in [0.2, 0.25) is 0 Å². The number of anilines is 3. The van der Waals surface area contributed by atoms with Gasteiger partial charge in [0.15, 0.2) is 5.65 Å². The minimum atomic E-state index is -4.54. The molecule has 6 nitrogen and oxygen atoms in total. The Morgan fingerprint density at radius 1 is 1.09 bits per heavy atom. The molecule has 1 aliphatic heterocycles. The summed E-state index contributed by atoms with van der Waals surface area (Å²) >= 11 is 0. The Morgan fingerprint density at radius 2 is 1.97 bits per heavy atom. The number of rotatable bonds is 5. The van der Waals surface area contributed by atoms with Crippen LogP contribution >= 0.6 is 0 Å². The van der Waals surface area contributed by atoms with Crippen molar-refractivity contribution < 1.29 is 17.9 Å². The second kappa shape index (κ2) is 8.90. The van der Waals surface area contributed by atoms with E-state index >= 15 is 0 Å². The average molecular weight is 465 g/mol. The van der Waals surface area contributed by atoms with Gasteiger partial charge >= 0.3 is 6.18 Å². The normalized spacial score (nSPS) is 13.4. The maximum atomic E-state index is 13.5. The van der Waals surface area contributed by atoms with Crippen molar-refractivity contribution in [3.63, 3.8) is 0 Å². The molecule has 9 heteroatoms.